The standard InChI is InChI=1S/C13H15NO2S/c15-17(16)14-9-7-13(8-10-14)6-5-11-3-1-2-4-12(11)13/h1-6H,7-10H2,(H,15,16). The molecular formula is C13H15NO2S. The molecule has 1 fully saturated rings. The van der Waals surface area contributed by atoms with Gasteiger partial charge in [-0.3, -0.25) is 4.55 Å². The molecule has 1 heterocycles. The number of hydrogen-bond acceptors (Lipinski definition) is 1. The lowest BCUT2D eigenvalue weighted by Gasteiger charge is -2.37. The van der Waals surface area contributed by atoms with Crippen molar-refractivity contribution in [3.05, 3.63) is 41.5 Å². The molecule has 1 aliphatic carbocycles. The van der Waals surface area contributed by atoms with Gasteiger partial charge >= 0.3 is 0 Å². The van der Waals surface area contributed by atoms with E-state index in [-0.39, 0.29) is 5.41 Å². The maximum atomic E-state index is 11.0. The van der Waals surface area contributed by atoms with E-state index in [1.54, 1.807) is 4.31 Å². The fourth-order valence-corrected chi connectivity index (χ4v) is 3.41. The summed E-state index contributed by atoms with van der Waals surface area (Å²) in [5, 5.41) is 0. The number of piperidine rings is 1. The van der Waals surface area contributed by atoms with Crippen molar-refractivity contribution >= 4 is 17.3 Å². The van der Waals surface area contributed by atoms with E-state index in [2.05, 4.69) is 36.4 Å². The Hall–Kier alpha value is -0.970. The van der Waals surface area contributed by atoms with Crippen molar-refractivity contribution in [2.75, 3.05) is 13.1 Å². The molecule has 1 unspecified atom stereocenters. The van der Waals surface area contributed by atoms with E-state index in [1.165, 1.54) is 11.1 Å². The molecule has 3 nitrogen and oxygen atoms in total. The van der Waals surface area contributed by atoms with Gasteiger partial charge in [0.25, 0.3) is 0 Å². The van der Waals surface area contributed by atoms with Crippen LogP contribution in [0.15, 0.2) is 30.3 Å². The number of benzene rings is 1. The minimum Gasteiger partial charge on any atom is -0.294 e. The molecule has 0 saturated carbocycles. The highest BCUT2D eigenvalue weighted by Gasteiger charge is 2.38. The van der Waals surface area contributed by atoms with E-state index in [0.717, 1.165) is 12.8 Å². The number of allylic oxidation sites excluding steroid dienone is 1. The van der Waals surface area contributed by atoms with Crippen molar-refractivity contribution in [1.82, 2.24) is 4.31 Å². The summed E-state index contributed by atoms with van der Waals surface area (Å²) in [6.07, 6.45) is 6.30. The molecule has 17 heavy (non-hydrogen) atoms. The van der Waals surface area contributed by atoms with Gasteiger partial charge in [-0.1, -0.05) is 36.4 Å². The molecule has 1 N–H and O–H groups in total. The number of fused-ring (bicyclic) bond motifs is 2. The lowest BCUT2D eigenvalue weighted by molar-refractivity contribution is 0.270. The zero-order chi connectivity index (χ0) is 11.9. The van der Waals surface area contributed by atoms with Crippen molar-refractivity contribution in [2.24, 2.45) is 0 Å². The first-order chi connectivity index (χ1) is 8.21. The lowest BCUT2D eigenvalue weighted by atomic mass is 9.75. The topological polar surface area (TPSA) is 40.5 Å². The van der Waals surface area contributed by atoms with Crippen LogP contribution >= 0.6 is 0 Å². The Bertz CT molecular complexity index is 490. The fourth-order valence-electron chi connectivity index (χ4n) is 2.91. The molecule has 1 saturated heterocycles. The van der Waals surface area contributed by atoms with E-state index in [1.807, 2.05) is 0 Å². The van der Waals surface area contributed by atoms with Gasteiger partial charge in [0.2, 0.25) is 11.3 Å². The van der Waals surface area contributed by atoms with Crippen molar-refractivity contribution in [2.45, 2.75) is 18.3 Å². The van der Waals surface area contributed by atoms with E-state index in [4.69, 9.17) is 4.55 Å². The summed E-state index contributed by atoms with van der Waals surface area (Å²) in [7, 11) is 0. The summed E-state index contributed by atoms with van der Waals surface area (Å²) in [6, 6.07) is 8.45. The van der Waals surface area contributed by atoms with Crippen molar-refractivity contribution in [3.63, 3.8) is 0 Å². The highest BCUT2D eigenvalue weighted by molar-refractivity contribution is 7.76. The fraction of sp³-hybridized carbons (Fsp3) is 0.385. The van der Waals surface area contributed by atoms with Gasteiger partial charge in [0, 0.05) is 18.5 Å². The Morgan fingerprint density at radius 3 is 2.65 bits per heavy atom. The zero-order valence-corrected chi connectivity index (χ0v) is 10.3. The molecule has 0 bridgehead atoms. The predicted molar refractivity (Wildman–Crippen MR) is 68.7 cm³/mol. The molecule has 4 heteroatoms. The van der Waals surface area contributed by atoms with E-state index in [0.29, 0.717) is 13.1 Å². The SMILES string of the molecule is O=S(O)N1CCC2(C=Cc3ccccc32)CC1. The van der Waals surface area contributed by atoms with Gasteiger partial charge in [0.1, 0.15) is 0 Å². The Morgan fingerprint density at radius 1 is 1.24 bits per heavy atom. The quantitative estimate of drug-likeness (QED) is 0.775. The van der Waals surface area contributed by atoms with Crippen LogP contribution in [0.4, 0.5) is 0 Å². The molecule has 1 aliphatic heterocycles. The summed E-state index contributed by atoms with van der Waals surface area (Å²) < 4.78 is 21.7. The Balaban J connectivity index is 1.87. The van der Waals surface area contributed by atoms with Crippen molar-refractivity contribution in [1.29, 1.82) is 0 Å². The van der Waals surface area contributed by atoms with Gasteiger partial charge in [-0.15, -0.1) is 0 Å². The number of rotatable bonds is 1. The highest BCUT2D eigenvalue weighted by atomic mass is 32.2. The van der Waals surface area contributed by atoms with Crippen LogP contribution < -0.4 is 0 Å². The Morgan fingerprint density at radius 2 is 1.94 bits per heavy atom. The van der Waals surface area contributed by atoms with Crippen molar-refractivity contribution < 1.29 is 8.76 Å². The third kappa shape index (κ3) is 1.76. The van der Waals surface area contributed by atoms with Crippen LogP contribution in [0.2, 0.25) is 0 Å². The van der Waals surface area contributed by atoms with E-state index >= 15 is 0 Å². The second-order valence-electron chi connectivity index (χ2n) is 4.74. The summed E-state index contributed by atoms with van der Waals surface area (Å²) in [5.74, 6) is 0. The molecule has 90 valence electrons. The average Bonchev–Trinajstić information content (AvgIpc) is 2.70. The molecule has 1 atom stereocenters. The molecule has 1 spiro atoms. The molecule has 0 amide bonds. The number of hydrogen-bond donors (Lipinski definition) is 1. The third-order valence-corrected chi connectivity index (χ3v) is 4.72. The summed E-state index contributed by atoms with van der Waals surface area (Å²) in [6.45, 7) is 1.36. The molecule has 1 aromatic rings. The van der Waals surface area contributed by atoms with Gasteiger partial charge in [-0.2, -0.15) is 0 Å². The van der Waals surface area contributed by atoms with Crippen LogP contribution in [-0.4, -0.2) is 26.2 Å². The normalized spacial score (nSPS) is 23.8. The first-order valence-electron chi connectivity index (χ1n) is 5.86. The largest absolute Gasteiger partial charge is 0.294 e. The first kappa shape index (κ1) is 11.1. The molecule has 0 radical (unpaired) electrons. The van der Waals surface area contributed by atoms with Gasteiger partial charge in [-0.25, -0.2) is 8.51 Å². The van der Waals surface area contributed by atoms with Crippen LogP contribution in [0.25, 0.3) is 6.08 Å². The second-order valence-corrected chi connectivity index (χ2v) is 5.71. The van der Waals surface area contributed by atoms with Crippen LogP contribution in [-0.2, 0) is 16.7 Å². The zero-order valence-electron chi connectivity index (χ0n) is 9.50. The first-order valence-corrected chi connectivity index (χ1v) is 6.92. The Labute approximate surface area is 104 Å². The van der Waals surface area contributed by atoms with Gasteiger partial charge < -0.3 is 0 Å². The lowest BCUT2D eigenvalue weighted by Crippen LogP contribution is -2.41. The summed E-state index contributed by atoms with van der Waals surface area (Å²) in [4.78, 5) is 0. The molecule has 0 aromatic heterocycles. The maximum absolute atomic E-state index is 11.0. The number of nitrogens with zero attached hydrogens (tertiary/aromatic N) is 1. The van der Waals surface area contributed by atoms with E-state index < -0.39 is 11.3 Å². The predicted octanol–water partition coefficient (Wildman–Crippen LogP) is 2.18. The van der Waals surface area contributed by atoms with Crippen LogP contribution in [0, 0.1) is 0 Å². The van der Waals surface area contributed by atoms with Crippen LogP contribution in [0.5, 0.6) is 0 Å². The summed E-state index contributed by atoms with van der Waals surface area (Å²) in [5.41, 5.74) is 2.78. The smallest absolute Gasteiger partial charge is 0.234 e. The third-order valence-electron chi connectivity index (χ3n) is 3.91. The minimum absolute atomic E-state index is 0.104. The van der Waals surface area contributed by atoms with Gasteiger partial charge in [0.15, 0.2) is 0 Å². The molecule has 1 aromatic carbocycles. The van der Waals surface area contributed by atoms with Gasteiger partial charge in [0.05, 0.1) is 0 Å². The molecular weight excluding hydrogens is 234 g/mol. The average molecular weight is 249 g/mol. The second kappa shape index (κ2) is 4.05. The van der Waals surface area contributed by atoms with Crippen molar-refractivity contribution in [3.8, 4) is 0 Å². The minimum atomic E-state index is -1.82. The van der Waals surface area contributed by atoms with Gasteiger partial charge in [-0.05, 0) is 24.0 Å². The maximum Gasteiger partial charge on any atom is 0.234 e. The van der Waals surface area contributed by atoms with Crippen LogP contribution in [0.1, 0.15) is 24.0 Å². The van der Waals surface area contributed by atoms with Crippen LogP contribution in [0.3, 0.4) is 0 Å². The Kier molecular flexibility index (Phi) is 2.65. The molecule has 2 aliphatic rings. The van der Waals surface area contributed by atoms with E-state index in [9.17, 15) is 4.21 Å². The molecule has 3 rings (SSSR count). The summed E-state index contributed by atoms with van der Waals surface area (Å²) >= 11 is -1.82. The highest BCUT2D eigenvalue weighted by Crippen LogP contribution is 2.43. The monoisotopic (exact) mass is 249 g/mol.